The van der Waals surface area contributed by atoms with E-state index in [1.165, 1.54) is 0 Å². The van der Waals surface area contributed by atoms with Crippen LogP contribution >= 0.6 is 0 Å². The molecule has 0 aliphatic heterocycles. The van der Waals surface area contributed by atoms with Gasteiger partial charge in [-0.2, -0.15) is 0 Å². The van der Waals surface area contributed by atoms with Gasteiger partial charge in [0.2, 0.25) is 0 Å². The van der Waals surface area contributed by atoms with Gasteiger partial charge in [-0.15, -0.1) is 0 Å². The van der Waals surface area contributed by atoms with Gasteiger partial charge in [0.15, 0.2) is 0 Å². The third kappa shape index (κ3) is 1.13. The summed E-state index contributed by atoms with van der Waals surface area (Å²) in [6, 6.07) is 5.77. The number of nitrogens with zero attached hydrogens (tertiary/aromatic N) is 4. The summed E-state index contributed by atoms with van der Waals surface area (Å²) in [5.74, 6) is 0.674. The Bertz CT molecular complexity index is 593. The van der Waals surface area contributed by atoms with Crippen molar-refractivity contribution in [2.24, 2.45) is 0 Å². The van der Waals surface area contributed by atoms with Crippen LogP contribution in [-0.2, 0) is 0 Å². The van der Waals surface area contributed by atoms with Gasteiger partial charge in [-0.1, -0.05) is 6.07 Å². The van der Waals surface area contributed by atoms with Crippen LogP contribution in [0, 0.1) is 6.92 Å². The molecule has 3 aromatic heterocycles. The molecule has 15 heavy (non-hydrogen) atoms. The second-order valence-electron chi connectivity index (χ2n) is 3.28. The molecule has 0 aliphatic carbocycles. The molecule has 3 aromatic rings. The first kappa shape index (κ1) is 8.16. The first-order valence-corrected chi connectivity index (χ1v) is 4.66. The summed E-state index contributed by atoms with van der Waals surface area (Å²) in [4.78, 5) is 12.8. The largest absolute Gasteiger partial charge is 0.281 e. The number of imidazole rings is 1. The van der Waals surface area contributed by atoms with E-state index in [0.717, 1.165) is 17.1 Å². The lowest BCUT2D eigenvalue weighted by Crippen LogP contribution is -1.88. The van der Waals surface area contributed by atoms with Gasteiger partial charge in [0.05, 0.1) is 11.4 Å². The molecule has 0 radical (unpaired) electrons. The molecule has 5 heteroatoms. The minimum Gasteiger partial charge on any atom is -0.281 e. The van der Waals surface area contributed by atoms with Crippen LogP contribution in [0.4, 0.5) is 0 Å². The highest BCUT2D eigenvalue weighted by molar-refractivity contribution is 5.60. The molecule has 0 bridgehead atoms. The maximum Gasteiger partial charge on any atom is 0.251 e. The van der Waals surface area contributed by atoms with Gasteiger partial charge < -0.3 is 0 Å². The van der Waals surface area contributed by atoms with Crippen molar-refractivity contribution >= 4 is 5.78 Å². The van der Waals surface area contributed by atoms with Gasteiger partial charge in [0.25, 0.3) is 5.78 Å². The van der Waals surface area contributed by atoms with Crippen molar-refractivity contribution < 1.29 is 0 Å². The number of hydrogen-bond donors (Lipinski definition) is 1. The molecule has 0 atom stereocenters. The molecule has 0 saturated carbocycles. The molecule has 0 spiro atoms. The Kier molecular flexibility index (Phi) is 1.58. The number of fused-ring (bicyclic) bond motifs is 1. The summed E-state index contributed by atoms with van der Waals surface area (Å²) in [5, 5.41) is 2.99. The van der Waals surface area contributed by atoms with Gasteiger partial charge in [0.1, 0.15) is 12.0 Å². The van der Waals surface area contributed by atoms with Gasteiger partial charge >= 0.3 is 0 Å². The Morgan fingerprint density at radius 1 is 1.27 bits per heavy atom. The highest BCUT2D eigenvalue weighted by atomic mass is 15.3. The van der Waals surface area contributed by atoms with Crippen molar-refractivity contribution in [2.75, 3.05) is 0 Å². The number of H-pyrrole nitrogens is 1. The molecule has 3 heterocycles. The third-order valence-corrected chi connectivity index (χ3v) is 2.36. The van der Waals surface area contributed by atoms with Crippen LogP contribution < -0.4 is 0 Å². The zero-order valence-corrected chi connectivity index (χ0v) is 8.18. The summed E-state index contributed by atoms with van der Waals surface area (Å²) >= 11 is 0. The average Bonchev–Trinajstić information content (AvgIpc) is 2.83. The Labute approximate surface area is 85.8 Å². The molecule has 0 amide bonds. The van der Waals surface area contributed by atoms with Gasteiger partial charge in [-0.25, -0.2) is 14.5 Å². The number of nitrogens with one attached hydrogen (secondary N) is 1. The topological polar surface area (TPSA) is 58.9 Å². The van der Waals surface area contributed by atoms with Crippen LogP contribution in [0.3, 0.4) is 0 Å². The summed E-state index contributed by atoms with van der Waals surface area (Å²) in [6.45, 7) is 1.99. The number of aryl methyl sites for hydroxylation is 1. The molecule has 74 valence electrons. The quantitative estimate of drug-likeness (QED) is 0.645. The van der Waals surface area contributed by atoms with E-state index < -0.39 is 0 Å². The molecular weight excluding hydrogens is 190 g/mol. The molecular formula is C10H9N5. The van der Waals surface area contributed by atoms with Crippen molar-refractivity contribution in [3.63, 3.8) is 0 Å². The highest BCUT2D eigenvalue weighted by Crippen LogP contribution is 2.19. The second kappa shape index (κ2) is 2.91. The molecule has 0 aromatic carbocycles. The van der Waals surface area contributed by atoms with Crippen LogP contribution in [0.15, 0.2) is 30.7 Å². The fourth-order valence-corrected chi connectivity index (χ4v) is 1.62. The van der Waals surface area contributed by atoms with E-state index >= 15 is 0 Å². The molecule has 0 fully saturated rings. The molecule has 3 rings (SSSR count). The second-order valence-corrected chi connectivity index (χ2v) is 3.28. The lowest BCUT2D eigenvalue weighted by atomic mass is 10.2. The zero-order chi connectivity index (χ0) is 10.3. The van der Waals surface area contributed by atoms with E-state index in [2.05, 4.69) is 20.1 Å². The third-order valence-electron chi connectivity index (χ3n) is 2.36. The predicted molar refractivity (Wildman–Crippen MR) is 55.3 cm³/mol. The zero-order valence-electron chi connectivity index (χ0n) is 8.18. The first-order chi connectivity index (χ1) is 7.36. The van der Waals surface area contributed by atoms with Gasteiger partial charge in [-0.3, -0.25) is 10.1 Å². The smallest absolute Gasteiger partial charge is 0.251 e. The van der Waals surface area contributed by atoms with Gasteiger partial charge in [0, 0.05) is 6.20 Å². The molecule has 0 unspecified atom stereocenters. The molecule has 5 nitrogen and oxygen atoms in total. The number of aromatic nitrogens is 5. The van der Waals surface area contributed by atoms with Crippen molar-refractivity contribution in [3.8, 4) is 11.4 Å². The normalized spacial score (nSPS) is 11.0. The Morgan fingerprint density at radius 3 is 2.93 bits per heavy atom. The number of rotatable bonds is 1. The summed E-state index contributed by atoms with van der Waals surface area (Å²) < 4.78 is 1.84. The minimum atomic E-state index is 0.674. The van der Waals surface area contributed by atoms with Crippen molar-refractivity contribution in [1.82, 2.24) is 24.6 Å². The maximum absolute atomic E-state index is 4.40. The van der Waals surface area contributed by atoms with E-state index in [-0.39, 0.29) is 0 Å². The van der Waals surface area contributed by atoms with E-state index in [1.54, 1.807) is 12.5 Å². The van der Waals surface area contributed by atoms with E-state index in [9.17, 15) is 0 Å². The van der Waals surface area contributed by atoms with Gasteiger partial charge in [-0.05, 0) is 19.1 Å². The van der Waals surface area contributed by atoms with Crippen LogP contribution in [-0.4, -0.2) is 24.6 Å². The Morgan fingerprint density at radius 2 is 2.20 bits per heavy atom. The lowest BCUT2D eigenvalue weighted by molar-refractivity contribution is 0.931. The summed E-state index contributed by atoms with van der Waals surface area (Å²) in [5.41, 5.74) is 2.75. The summed E-state index contributed by atoms with van der Waals surface area (Å²) in [6.07, 6.45) is 3.38. The maximum atomic E-state index is 4.40. The van der Waals surface area contributed by atoms with E-state index in [4.69, 9.17) is 0 Å². The molecule has 0 aliphatic rings. The minimum absolute atomic E-state index is 0.674. The average molecular weight is 199 g/mol. The Balaban J connectivity index is 2.27. The highest BCUT2D eigenvalue weighted by Gasteiger charge is 2.11. The standard InChI is InChI=1S/C10H9N5/c1-7-9(8-4-2-3-5-11-8)14-10-12-6-13-15(7)10/h2-6H,1H3,(H,12,13,14). The fraction of sp³-hybridized carbons (Fsp3) is 0.100. The number of pyridine rings is 1. The molecule has 1 N–H and O–H groups in total. The van der Waals surface area contributed by atoms with E-state index in [0.29, 0.717) is 5.78 Å². The van der Waals surface area contributed by atoms with Crippen molar-refractivity contribution in [1.29, 1.82) is 0 Å². The monoisotopic (exact) mass is 199 g/mol. The predicted octanol–water partition coefficient (Wildman–Crippen LogP) is 1.43. The number of hydrogen-bond acceptors (Lipinski definition) is 3. The van der Waals surface area contributed by atoms with Crippen molar-refractivity contribution in [3.05, 3.63) is 36.4 Å². The lowest BCUT2D eigenvalue weighted by Gasteiger charge is -1.96. The molecule has 0 saturated heterocycles. The van der Waals surface area contributed by atoms with Crippen LogP contribution in [0.1, 0.15) is 5.69 Å². The van der Waals surface area contributed by atoms with Crippen LogP contribution in [0.25, 0.3) is 17.2 Å². The first-order valence-electron chi connectivity index (χ1n) is 4.66. The van der Waals surface area contributed by atoms with Crippen LogP contribution in [0.5, 0.6) is 0 Å². The van der Waals surface area contributed by atoms with Crippen LogP contribution in [0.2, 0.25) is 0 Å². The van der Waals surface area contributed by atoms with E-state index in [1.807, 2.05) is 29.6 Å². The Hall–Kier alpha value is -2.17. The SMILES string of the molecule is Cc1c(-c2ccccn2)nc2nc[nH]n12. The summed E-state index contributed by atoms with van der Waals surface area (Å²) in [7, 11) is 0. The number of aromatic amines is 1. The van der Waals surface area contributed by atoms with Crippen molar-refractivity contribution in [2.45, 2.75) is 6.92 Å². The fourth-order valence-electron chi connectivity index (χ4n) is 1.62.